The first-order chi connectivity index (χ1) is 21.1. The summed E-state index contributed by atoms with van der Waals surface area (Å²) in [5.74, 6) is -0.949. The molecule has 1 N–H and O–H groups in total. The second kappa shape index (κ2) is 15.2. The average Bonchev–Trinajstić information content (AvgIpc) is 3.02. The summed E-state index contributed by atoms with van der Waals surface area (Å²) in [6.07, 6.45) is 0.893. The van der Waals surface area contributed by atoms with Gasteiger partial charge in [-0.3, -0.25) is 13.9 Å². The highest BCUT2D eigenvalue weighted by Crippen LogP contribution is 2.29. The third-order valence-electron chi connectivity index (χ3n) is 7.11. The van der Waals surface area contributed by atoms with Crippen LogP contribution in [0.3, 0.4) is 0 Å². The van der Waals surface area contributed by atoms with Crippen molar-refractivity contribution < 1.29 is 18.0 Å². The molecule has 0 fully saturated rings. The number of anilines is 1. The molecule has 0 aliphatic carbocycles. The first-order valence-corrected chi connectivity index (χ1v) is 16.5. The summed E-state index contributed by atoms with van der Waals surface area (Å²) in [5, 5.41) is 3.58. The van der Waals surface area contributed by atoms with E-state index in [-0.39, 0.29) is 23.8 Å². The summed E-state index contributed by atoms with van der Waals surface area (Å²) in [5.41, 5.74) is 2.44. The number of rotatable bonds is 13. The summed E-state index contributed by atoms with van der Waals surface area (Å²) in [6, 6.07) is 28.3. The minimum atomic E-state index is -4.17. The molecule has 0 bridgehead atoms. The zero-order chi connectivity index (χ0) is 31.7. The first kappa shape index (κ1) is 33.1. The Bertz CT molecular complexity index is 1670. The van der Waals surface area contributed by atoms with E-state index >= 15 is 0 Å². The van der Waals surface area contributed by atoms with Gasteiger partial charge in [-0.15, -0.1) is 0 Å². The van der Waals surface area contributed by atoms with Gasteiger partial charge in [0.2, 0.25) is 11.8 Å². The molecule has 1 atom stereocenters. The summed E-state index contributed by atoms with van der Waals surface area (Å²) in [7, 11) is -4.17. The molecule has 230 valence electrons. The van der Waals surface area contributed by atoms with Gasteiger partial charge in [0.25, 0.3) is 10.0 Å². The minimum absolute atomic E-state index is 0.0385. The molecular weight excluding hydrogens is 617 g/mol. The van der Waals surface area contributed by atoms with Crippen molar-refractivity contribution in [2.75, 3.05) is 17.4 Å². The molecule has 7 nitrogen and oxygen atoms in total. The predicted octanol–water partition coefficient (Wildman–Crippen LogP) is 6.66. The van der Waals surface area contributed by atoms with Gasteiger partial charge in [-0.1, -0.05) is 96.9 Å². The summed E-state index contributed by atoms with van der Waals surface area (Å²) in [4.78, 5) is 29.6. The van der Waals surface area contributed by atoms with Crippen molar-refractivity contribution in [3.8, 4) is 0 Å². The van der Waals surface area contributed by atoms with Crippen molar-refractivity contribution in [3.63, 3.8) is 0 Å². The Kier molecular flexibility index (Phi) is 11.4. The fraction of sp³-hybridized carbons (Fsp3) is 0.235. The van der Waals surface area contributed by atoms with Crippen LogP contribution in [0.2, 0.25) is 10.0 Å². The first-order valence-electron chi connectivity index (χ1n) is 14.3. The molecule has 2 amide bonds. The fourth-order valence-electron chi connectivity index (χ4n) is 4.81. The number of amides is 2. The molecule has 4 aromatic rings. The van der Waals surface area contributed by atoms with Crippen molar-refractivity contribution in [2.24, 2.45) is 0 Å². The van der Waals surface area contributed by atoms with Crippen LogP contribution in [0.25, 0.3) is 0 Å². The van der Waals surface area contributed by atoms with Crippen molar-refractivity contribution in [1.82, 2.24) is 10.2 Å². The zero-order valence-electron chi connectivity index (χ0n) is 24.6. The molecule has 0 heterocycles. The molecule has 0 spiro atoms. The van der Waals surface area contributed by atoms with Crippen LogP contribution in [-0.2, 0) is 32.6 Å². The Morgan fingerprint density at radius 1 is 0.841 bits per heavy atom. The van der Waals surface area contributed by atoms with Crippen LogP contribution in [-0.4, -0.2) is 44.3 Å². The van der Waals surface area contributed by atoms with Crippen molar-refractivity contribution in [1.29, 1.82) is 0 Å². The number of nitrogens with one attached hydrogen (secondary N) is 1. The number of hydrogen-bond donors (Lipinski definition) is 1. The molecule has 4 aromatic carbocycles. The predicted molar refractivity (Wildman–Crippen MR) is 176 cm³/mol. The Labute approximate surface area is 269 Å². The third kappa shape index (κ3) is 8.20. The van der Waals surface area contributed by atoms with Crippen molar-refractivity contribution in [2.45, 2.75) is 44.2 Å². The fourth-order valence-corrected chi connectivity index (χ4v) is 6.75. The van der Waals surface area contributed by atoms with Gasteiger partial charge in [0, 0.05) is 35.1 Å². The maximum Gasteiger partial charge on any atom is 0.264 e. The highest BCUT2D eigenvalue weighted by molar-refractivity contribution is 7.92. The summed E-state index contributed by atoms with van der Waals surface area (Å²) >= 11 is 13.1. The van der Waals surface area contributed by atoms with E-state index in [1.807, 2.05) is 50.2 Å². The van der Waals surface area contributed by atoms with Crippen LogP contribution < -0.4 is 9.62 Å². The van der Waals surface area contributed by atoms with Gasteiger partial charge in [0.1, 0.15) is 12.6 Å². The van der Waals surface area contributed by atoms with Gasteiger partial charge in [0.15, 0.2) is 0 Å². The molecule has 0 aromatic heterocycles. The number of nitrogens with zero attached hydrogens (tertiary/aromatic N) is 2. The number of hydrogen-bond acceptors (Lipinski definition) is 4. The number of benzene rings is 4. The monoisotopic (exact) mass is 651 g/mol. The van der Waals surface area contributed by atoms with Crippen LogP contribution in [0.4, 0.5) is 5.69 Å². The molecule has 0 saturated heterocycles. The minimum Gasteiger partial charge on any atom is -0.354 e. The molecule has 44 heavy (non-hydrogen) atoms. The molecule has 0 unspecified atom stereocenters. The topological polar surface area (TPSA) is 86.8 Å². The lowest BCUT2D eigenvalue weighted by Gasteiger charge is -2.34. The van der Waals surface area contributed by atoms with E-state index in [1.54, 1.807) is 54.6 Å². The molecule has 10 heteroatoms. The lowest BCUT2D eigenvalue weighted by molar-refractivity contribution is -0.140. The van der Waals surface area contributed by atoms with E-state index < -0.39 is 28.5 Å². The standard InChI is InChI=1S/C34H35Cl2N3O4S/c1-3-20-37-34(41)32(22-26-13-6-4-7-14-26)38(23-29-30(35)18-11-19-31(29)36)33(40)24-39(27-15-10-12-25(2)21-27)44(42,43)28-16-8-5-9-17-28/h4-19,21,32H,3,20,22-24H2,1-2H3,(H,37,41)/t32-/m1/s1. The molecule has 0 saturated carbocycles. The number of carbonyl (C=O) groups is 2. The van der Waals surface area contributed by atoms with Gasteiger partial charge in [-0.05, 0) is 60.9 Å². The van der Waals surface area contributed by atoms with E-state index in [0.29, 0.717) is 34.3 Å². The average molecular weight is 653 g/mol. The van der Waals surface area contributed by atoms with Gasteiger partial charge in [0.05, 0.1) is 10.6 Å². The van der Waals surface area contributed by atoms with Crippen LogP contribution in [0.15, 0.2) is 108 Å². The molecule has 0 aliphatic heterocycles. The maximum absolute atomic E-state index is 14.5. The quantitative estimate of drug-likeness (QED) is 0.175. The van der Waals surface area contributed by atoms with Crippen LogP contribution in [0.5, 0.6) is 0 Å². The zero-order valence-corrected chi connectivity index (χ0v) is 26.9. The smallest absolute Gasteiger partial charge is 0.264 e. The van der Waals surface area contributed by atoms with E-state index in [2.05, 4.69) is 5.32 Å². The van der Waals surface area contributed by atoms with Gasteiger partial charge >= 0.3 is 0 Å². The lowest BCUT2D eigenvalue weighted by Crippen LogP contribution is -2.53. The number of sulfonamides is 1. The molecule has 0 radical (unpaired) electrons. The number of aryl methyl sites for hydroxylation is 1. The molecule has 4 rings (SSSR count). The normalized spacial score (nSPS) is 11.9. The molecule has 0 aliphatic rings. The SMILES string of the molecule is CCCNC(=O)[C@@H](Cc1ccccc1)N(Cc1c(Cl)cccc1Cl)C(=O)CN(c1cccc(C)c1)S(=O)(=O)c1ccccc1. The van der Waals surface area contributed by atoms with E-state index in [9.17, 15) is 18.0 Å². The summed E-state index contributed by atoms with van der Waals surface area (Å²) in [6.45, 7) is 3.53. The Balaban J connectivity index is 1.82. The number of carbonyl (C=O) groups excluding carboxylic acids is 2. The highest BCUT2D eigenvalue weighted by Gasteiger charge is 2.35. The summed E-state index contributed by atoms with van der Waals surface area (Å²) < 4.78 is 29.2. The largest absolute Gasteiger partial charge is 0.354 e. The van der Waals surface area contributed by atoms with Gasteiger partial charge < -0.3 is 10.2 Å². The van der Waals surface area contributed by atoms with E-state index in [4.69, 9.17) is 23.2 Å². The maximum atomic E-state index is 14.5. The van der Waals surface area contributed by atoms with Crippen molar-refractivity contribution in [3.05, 3.63) is 130 Å². The van der Waals surface area contributed by atoms with Crippen LogP contribution >= 0.6 is 23.2 Å². The van der Waals surface area contributed by atoms with E-state index in [1.165, 1.54) is 17.0 Å². The van der Waals surface area contributed by atoms with Crippen LogP contribution in [0, 0.1) is 6.92 Å². The van der Waals surface area contributed by atoms with Gasteiger partial charge in [-0.2, -0.15) is 0 Å². The molecular formula is C34H35Cl2N3O4S. The number of halogens is 2. The highest BCUT2D eigenvalue weighted by atomic mass is 35.5. The Hall–Kier alpha value is -3.85. The lowest BCUT2D eigenvalue weighted by atomic mass is 10.0. The second-order valence-electron chi connectivity index (χ2n) is 10.4. The van der Waals surface area contributed by atoms with E-state index in [0.717, 1.165) is 15.4 Å². The third-order valence-corrected chi connectivity index (χ3v) is 9.61. The Morgan fingerprint density at radius 2 is 1.45 bits per heavy atom. The van der Waals surface area contributed by atoms with Crippen LogP contribution in [0.1, 0.15) is 30.0 Å². The van der Waals surface area contributed by atoms with Crippen molar-refractivity contribution >= 4 is 50.7 Å². The van der Waals surface area contributed by atoms with Gasteiger partial charge in [-0.25, -0.2) is 8.42 Å². The second-order valence-corrected chi connectivity index (χ2v) is 13.1. The Morgan fingerprint density at radius 3 is 2.07 bits per heavy atom.